The first kappa shape index (κ1) is 12.1. The van der Waals surface area contributed by atoms with Crippen molar-refractivity contribution in [3.63, 3.8) is 0 Å². The quantitative estimate of drug-likeness (QED) is 0.708. The SMILES string of the molecule is Cc1cnc2c(c1)C1(CCCCC1)c1cc(C)cnc1-2. The molecule has 0 N–H and O–H groups in total. The zero-order valence-corrected chi connectivity index (χ0v) is 12.2. The van der Waals surface area contributed by atoms with E-state index in [9.17, 15) is 0 Å². The van der Waals surface area contributed by atoms with E-state index in [4.69, 9.17) is 9.97 Å². The average Bonchev–Trinajstić information content (AvgIpc) is 2.70. The lowest BCUT2D eigenvalue weighted by Crippen LogP contribution is -2.28. The average molecular weight is 264 g/mol. The summed E-state index contributed by atoms with van der Waals surface area (Å²) in [6, 6.07) is 4.70. The van der Waals surface area contributed by atoms with Crippen molar-refractivity contribution in [3.05, 3.63) is 46.8 Å². The van der Waals surface area contributed by atoms with Crippen molar-refractivity contribution in [1.82, 2.24) is 9.97 Å². The van der Waals surface area contributed by atoms with Crippen molar-refractivity contribution >= 4 is 0 Å². The first-order valence-electron chi connectivity index (χ1n) is 7.65. The van der Waals surface area contributed by atoms with Crippen molar-refractivity contribution in [2.24, 2.45) is 0 Å². The van der Waals surface area contributed by atoms with E-state index in [-0.39, 0.29) is 5.41 Å². The molecular weight excluding hydrogens is 244 g/mol. The zero-order valence-electron chi connectivity index (χ0n) is 12.2. The van der Waals surface area contributed by atoms with Gasteiger partial charge in [0, 0.05) is 17.8 Å². The number of aryl methyl sites for hydroxylation is 2. The molecule has 2 heterocycles. The number of nitrogens with zero attached hydrogens (tertiary/aromatic N) is 2. The van der Waals surface area contributed by atoms with Gasteiger partial charge in [-0.2, -0.15) is 0 Å². The maximum absolute atomic E-state index is 4.72. The van der Waals surface area contributed by atoms with Gasteiger partial charge in [0.25, 0.3) is 0 Å². The van der Waals surface area contributed by atoms with Gasteiger partial charge in [0.15, 0.2) is 0 Å². The third-order valence-corrected chi connectivity index (χ3v) is 5.01. The monoisotopic (exact) mass is 264 g/mol. The zero-order chi connectivity index (χ0) is 13.7. The summed E-state index contributed by atoms with van der Waals surface area (Å²) in [6.45, 7) is 4.29. The van der Waals surface area contributed by atoms with Gasteiger partial charge < -0.3 is 0 Å². The van der Waals surface area contributed by atoms with Crippen LogP contribution in [-0.4, -0.2) is 9.97 Å². The lowest BCUT2D eigenvalue weighted by atomic mass is 9.68. The summed E-state index contributed by atoms with van der Waals surface area (Å²) in [4.78, 5) is 9.43. The largest absolute Gasteiger partial charge is 0.254 e. The Hall–Kier alpha value is -1.70. The van der Waals surface area contributed by atoms with Gasteiger partial charge in [-0.3, -0.25) is 9.97 Å². The predicted molar refractivity (Wildman–Crippen MR) is 80.8 cm³/mol. The molecular formula is C18H20N2. The summed E-state index contributed by atoms with van der Waals surface area (Å²) in [6.07, 6.45) is 10.5. The fraction of sp³-hybridized carbons (Fsp3) is 0.444. The molecule has 2 heteroatoms. The Labute approximate surface area is 120 Å². The molecule has 1 saturated carbocycles. The molecule has 0 unspecified atom stereocenters. The number of hydrogen-bond acceptors (Lipinski definition) is 2. The number of fused-ring (bicyclic) bond motifs is 5. The number of pyridine rings is 2. The Bertz CT molecular complexity index is 628. The summed E-state index contributed by atoms with van der Waals surface area (Å²) in [5, 5.41) is 0. The topological polar surface area (TPSA) is 25.8 Å². The first-order chi connectivity index (χ1) is 9.71. The fourth-order valence-electron chi connectivity index (χ4n) is 4.08. The Morgan fingerprint density at radius 2 is 1.30 bits per heavy atom. The molecule has 0 amide bonds. The smallest absolute Gasteiger partial charge is 0.0930 e. The first-order valence-corrected chi connectivity index (χ1v) is 7.65. The van der Waals surface area contributed by atoms with E-state index in [1.54, 1.807) is 0 Å². The molecule has 0 bridgehead atoms. The van der Waals surface area contributed by atoms with Crippen LogP contribution in [0.25, 0.3) is 11.4 Å². The third kappa shape index (κ3) is 1.51. The molecule has 2 nitrogen and oxygen atoms in total. The second kappa shape index (κ2) is 4.15. The maximum atomic E-state index is 4.72. The summed E-state index contributed by atoms with van der Waals surface area (Å²) in [5.41, 5.74) is 7.85. The van der Waals surface area contributed by atoms with Crippen molar-refractivity contribution in [3.8, 4) is 11.4 Å². The van der Waals surface area contributed by atoms with E-state index in [1.165, 1.54) is 54.4 Å². The van der Waals surface area contributed by atoms with Crippen molar-refractivity contribution in [2.45, 2.75) is 51.4 Å². The summed E-state index contributed by atoms with van der Waals surface area (Å²) >= 11 is 0. The molecule has 0 aromatic carbocycles. The van der Waals surface area contributed by atoms with Crippen LogP contribution < -0.4 is 0 Å². The molecule has 0 atom stereocenters. The number of hydrogen-bond donors (Lipinski definition) is 0. The molecule has 2 aromatic rings. The summed E-state index contributed by atoms with van der Waals surface area (Å²) in [7, 11) is 0. The van der Waals surface area contributed by atoms with Gasteiger partial charge in [-0.25, -0.2) is 0 Å². The lowest BCUT2D eigenvalue weighted by molar-refractivity contribution is 0.352. The Morgan fingerprint density at radius 3 is 1.80 bits per heavy atom. The minimum Gasteiger partial charge on any atom is -0.254 e. The molecule has 2 aliphatic carbocycles. The van der Waals surface area contributed by atoms with E-state index < -0.39 is 0 Å². The van der Waals surface area contributed by atoms with Crippen molar-refractivity contribution in [2.75, 3.05) is 0 Å². The van der Waals surface area contributed by atoms with Crippen LogP contribution in [0.3, 0.4) is 0 Å². The second-order valence-corrected chi connectivity index (χ2v) is 6.46. The lowest BCUT2D eigenvalue weighted by Gasteiger charge is -2.35. The predicted octanol–water partition coefficient (Wildman–Crippen LogP) is 4.32. The van der Waals surface area contributed by atoms with Crippen LogP contribution in [0.4, 0.5) is 0 Å². The third-order valence-electron chi connectivity index (χ3n) is 5.01. The number of rotatable bonds is 0. The van der Waals surface area contributed by atoms with Crippen LogP contribution in [0.2, 0.25) is 0 Å². The van der Waals surface area contributed by atoms with E-state index >= 15 is 0 Å². The number of aromatic nitrogens is 2. The minimum atomic E-state index is 0.195. The molecule has 2 aliphatic rings. The summed E-state index contributed by atoms with van der Waals surface area (Å²) < 4.78 is 0. The van der Waals surface area contributed by atoms with E-state index in [0.717, 1.165) is 11.4 Å². The second-order valence-electron chi connectivity index (χ2n) is 6.46. The highest BCUT2D eigenvalue weighted by Gasteiger charge is 2.45. The van der Waals surface area contributed by atoms with Crippen LogP contribution in [0.5, 0.6) is 0 Å². The Balaban J connectivity index is 2.03. The minimum absolute atomic E-state index is 0.195. The molecule has 0 saturated heterocycles. The van der Waals surface area contributed by atoms with E-state index in [2.05, 4.69) is 26.0 Å². The van der Waals surface area contributed by atoms with Gasteiger partial charge in [-0.1, -0.05) is 31.4 Å². The van der Waals surface area contributed by atoms with Gasteiger partial charge >= 0.3 is 0 Å². The molecule has 20 heavy (non-hydrogen) atoms. The summed E-state index contributed by atoms with van der Waals surface area (Å²) in [5.74, 6) is 0. The fourth-order valence-corrected chi connectivity index (χ4v) is 4.08. The molecule has 2 aromatic heterocycles. The van der Waals surface area contributed by atoms with Gasteiger partial charge in [0.2, 0.25) is 0 Å². The van der Waals surface area contributed by atoms with Crippen molar-refractivity contribution in [1.29, 1.82) is 0 Å². The van der Waals surface area contributed by atoms with Gasteiger partial charge in [-0.15, -0.1) is 0 Å². The molecule has 1 spiro atoms. The van der Waals surface area contributed by atoms with Crippen molar-refractivity contribution < 1.29 is 0 Å². The molecule has 4 rings (SSSR count). The van der Waals surface area contributed by atoms with E-state index in [1.807, 2.05) is 12.4 Å². The van der Waals surface area contributed by atoms with Crippen LogP contribution in [0, 0.1) is 13.8 Å². The van der Waals surface area contributed by atoms with Crippen LogP contribution in [0.15, 0.2) is 24.5 Å². The van der Waals surface area contributed by atoms with E-state index in [0.29, 0.717) is 0 Å². The Kier molecular flexibility index (Phi) is 2.50. The molecule has 102 valence electrons. The maximum Gasteiger partial charge on any atom is 0.0930 e. The van der Waals surface area contributed by atoms with Gasteiger partial charge in [-0.05, 0) is 48.9 Å². The molecule has 1 fully saturated rings. The highest BCUT2D eigenvalue weighted by Crippen LogP contribution is 2.54. The molecule has 0 aliphatic heterocycles. The highest BCUT2D eigenvalue weighted by molar-refractivity contribution is 5.75. The van der Waals surface area contributed by atoms with Gasteiger partial charge in [0.05, 0.1) is 11.4 Å². The van der Waals surface area contributed by atoms with Gasteiger partial charge in [0.1, 0.15) is 0 Å². The molecule has 0 radical (unpaired) electrons. The normalized spacial score (nSPS) is 18.9. The Morgan fingerprint density at radius 1 is 0.800 bits per heavy atom. The van der Waals surface area contributed by atoms with Crippen LogP contribution >= 0.6 is 0 Å². The van der Waals surface area contributed by atoms with Crippen LogP contribution in [-0.2, 0) is 5.41 Å². The highest BCUT2D eigenvalue weighted by atomic mass is 14.8. The van der Waals surface area contributed by atoms with Crippen LogP contribution in [0.1, 0.15) is 54.4 Å². The standard InChI is InChI=1S/C18H20N2/c1-12-8-14-16(19-10-12)17-15(9-13(2)11-20-17)18(14)6-4-3-5-7-18/h8-11H,3-7H2,1-2H3.